The minimum atomic E-state index is -2.25. The molecule has 2 nitrogen and oxygen atoms in total. The third kappa shape index (κ3) is 2.77. The number of halogens is 5. The first-order valence-corrected chi connectivity index (χ1v) is 6.68. The maximum absolute atomic E-state index is 13.5. The Labute approximate surface area is 120 Å². The topological polar surface area (TPSA) is 33.1 Å². The zero-order valence-electron chi connectivity index (χ0n) is 11.0. The summed E-state index contributed by atoms with van der Waals surface area (Å²) in [4.78, 5) is 4.89. The SMILES string of the molecule is Cc1nc(CC(O)c2c(F)c(F)c(F)c(F)c2F)sc1C. The van der Waals surface area contributed by atoms with Crippen LogP contribution in [-0.2, 0) is 6.42 Å². The van der Waals surface area contributed by atoms with Gasteiger partial charge in [0, 0.05) is 11.3 Å². The summed E-state index contributed by atoms with van der Waals surface area (Å²) in [5.41, 5.74) is -0.559. The number of aliphatic hydroxyl groups excluding tert-OH is 1. The molecule has 0 aliphatic rings. The highest BCUT2D eigenvalue weighted by Gasteiger charge is 2.30. The monoisotopic (exact) mass is 323 g/mol. The number of thiazole rings is 1. The number of hydrogen-bond donors (Lipinski definition) is 1. The number of nitrogens with zero attached hydrogens (tertiary/aromatic N) is 1. The van der Waals surface area contributed by atoms with E-state index in [1.54, 1.807) is 13.8 Å². The molecule has 1 aromatic heterocycles. The van der Waals surface area contributed by atoms with Crippen LogP contribution in [0.2, 0.25) is 0 Å². The molecule has 114 valence electrons. The Balaban J connectivity index is 2.42. The molecule has 2 aromatic rings. The van der Waals surface area contributed by atoms with E-state index in [1.807, 2.05) is 0 Å². The number of benzene rings is 1. The molecule has 21 heavy (non-hydrogen) atoms. The first kappa shape index (κ1) is 15.8. The van der Waals surface area contributed by atoms with Gasteiger partial charge in [0.2, 0.25) is 5.82 Å². The molecule has 2 rings (SSSR count). The third-order valence-electron chi connectivity index (χ3n) is 3.02. The first-order valence-electron chi connectivity index (χ1n) is 5.86. The minimum Gasteiger partial charge on any atom is -0.388 e. The van der Waals surface area contributed by atoms with Crippen LogP contribution in [0.15, 0.2) is 0 Å². The van der Waals surface area contributed by atoms with Gasteiger partial charge in [0.1, 0.15) is 0 Å². The number of aliphatic hydroxyl groups is 1. The van der Waals surface area contributed by atoms with Crippen LogP contribution in [0.3, 0.4) is 0 Å². The molecule has 8 heteroatoms. The summed E-state index contributed by atoms with van der Waals surface area (Å²) in [6.45, 7) is 3.47. The predicted octanol–water partition coefficient (Wildman–Crippen LogP) is 3.73. The van der Waals surface area contributed by atoms with Gasteiger partial charge in [-0.1, -0.05) is 0 Å². The molecule has 0 radical (unpaired) electrons. The van der Waals surface area contributed by atoms with Crippen LogP contribution in [0.25, 0.3) is 0 Å². The summed E-state index contributed by atoms with van der Waals surface area (Å²) in [6.07, 6.45) is -2.21. The van der Waals surface area contributed by atoms with Gasteiger partial charge in [-0.2, -0.15) is 0 Å². The van der Waals surface area contributed by atoms with Crippen LogP contribution in [-0.4, -0.2) is 10.1 Å². The molecule has 1 aromatic carbocycles. The molecule has 0 bridgehead atoms. The van der Waals surface area contributed by atoms with Crippen LogP contribution in [0.5, 0.6) is 0 Å². The van der Waals surface area contributed by atoms with Crippen molar-refractivity contribution in [2.24, 2.45) is 0 Å². The van der Waals surface area contributed by atoms with E-state index in [2.05, 4.69) is 4.98 Å². The largest absolute Gasteiger partial charge is 0.388 e. The van der Waals surface area contributed by atoms with E-state index in [1.165, 1.54) is 11.3 Å². The second-order valence-electron chi connectivity index (χ2n) is 4.45. The molecule has 1 atom stereocenters. The smallest absolute Gasteiger partial charge is 0.200 e. The second kappa shape index (κ2) is 5.69. The van der Waals surface area contributed by atoms with Gasteiger partial charge in [-0.3, -0.25) is 0 Å². The van der Waals surface area contributed by atoms with Gasteiger partial charge < -0.3 is 5.11 Å². The van der Waals surface area contributed by atoms with E-state index in [9.17, 15) is 27.1 Å². The summed E-state index contributed by atoms with van der Waals surface area (Å²) < 4.78 is 66.2. The number of aromatic nitrogens is 1. The maximum atomic E-state index is 13.5. The summed E-state index contributed by atoms with van der Waals surface area (Å²) in [5.74, 6) is -10.4. The maximum Gasteiger partial charge on any atom is 0.200 e. The van der Waals surface area contributed by atoms with E-state index in [0.29, 0.717) is 10.7 Å². The van der Waals surface area contributed by atoms with Crippen molar-refractivity contribution in [3.05, 3.63) is 50.2 Å². The second-order valence-corrected chi connectivity index (χ2v) is 5.74. The van der Waals surface area contributed by atoms with Gasteiger partial charge in [0.25, 0.3) is 0 Å². The summed E-state index contributed by atoms with van der Waals surface area (Å²) in [6, 6.07) is 0. The van der Waals surface area contributed by atoms with Crippen molar-refractivity contribution in [3.8, 4) is 0 Å². The van der Waals surface area contributed by atoms with Crippen molar-refractivity contribution < 1.29 is 27.1 Å². The van der Waals surface area contributed by atoms with Crippen LogP contribution in [0, 0.1) is 42.9 Å². The molecule has 0 saturated heterocycles. The lowest BCUT2D eigenvalue weighted by molar-refractivity contribution is 0.163. The minimum absolute atomic E-state index is 0.336. The first-order chi connectivity index (χ1) is 9.73. The molecule has 0 amide bonds. The van der Waals surface area contributed by atoms with Gasteiger partial charge in [0.15, 0.2) is 23.3 Å². The fraction of sp³-hybridized carbons (Fsp3) is 0.308. The Morgan fingerprint density at radius 3 is 1.86 bits per heavy atom. The zero-order chi connectivity index (χ0) is 15.9. The molecule has 0 aliphatic heterocycles. The lowest BCUT2D eigenvalue weighted by Crippen LogP contribution is -2.13. The Kier molecular flexibility index (Phi) is 4.29. The van der Waals surface area contributed by atoms with Crippen LogP contribution in [0.4, 0.5) is 22.0 Å². The van der Waals surface area contributed by atoms with Crippen molar-refractivity contribution in [1.82, 2.24) is 4.98 Å². The molecular weight excluding hydrogens is 313 g/mol. The molecule has 0 aliphatic carbocycles. The highest BCUT2D eigenvalue weighted by atomic mass is 32.1. The third-order valence-corrected chi connectivity index (χ3v) is 4.11. The molecule has 0 spiro atoms. The average molecular weight is 323 g/mol. The fourth-order valence-electron chi connectivity index (χ4n) is 1.81. The molecular formula is C13H10F5NOS. The van der Waals surface area contributed by atoms with Crippen LogP contribution >= 0.6 is 11.3 Å². The standard InChI is InChI=1S/C13H10F5NOS/c1-4-5(2)21-7(19-4)3-6(20)8-9(14)11(16)13(18)12(17)10(8)15/h6,20H,3H2,1-2H3. The predicted molar refractivity (Wildman–Crippen MR) is 66.5 cm³/mol. The summed E-state index contributed by atoms with van der Waals surface area (Å²) in [7, 11) is 0. The highest BCUT2D eigenvalue weighted by molar-refractivity contribution is 7.11. The molecule has 0 saturated carbocycles. The summed E-state index contributed by atoms with van der Waals surface area (Å²) >= 11 is 1.18. The lowest BCUT2D eigenvalue weighted by Gasteiger charge is -2.13. The number of hydrogen-bond acceptors (Lipinski definition) is 3. The normalized spacial score (nSPS) is 12.8. The average Bonchev–Trinajstić information content (AvgIpc) is 2.73. The van der Waals surface area contributed by atoms with Gasteiger partial charge in [-0.15, -0.1) is 11.3 Å². The van der Waals surface area contributed by atoms with E-state index in [-0.39, 0.29) is 6.42 Å². The van der Waals surface area contributed by atoms with E-state index < -0.39 is 40.8 Å². The summed E-state index contributed by atoms with van der Waals surface area (Å²) in [5, 5.41) is 10.2. The van der Waals surface area contributed by atoms with E-state index in [0.717, 1.165) is 4.88 Å². The van der Waals surface area contributed by atoms with Crippen LogP contribution < -0.4 is 0 Å². The highest BCUT2D eigenvalue weighted by Crippen LogP contribution is 2.30. The molecule has 1 unspecified atom stereocenters. The van der Waals surface area contributed by atoms with E-state index >= 15 is 0 Å². The van der Waals surface area contributed by atoms with Crippen molar-refractivity contribution in [2.45, 2.75) is 26.4 Å². The quantitative estimate of drug-likeness (QED) is 0.530. The Bertz CT molecular complexity index is 652. The lowest BCUT2D eigenvalue weighted by atomic mass is 10.0. The Morgan fingerprint density at radius 1 is 0.952 bits per heavy atom. The Morgan fingerprint density at radius 2 is 1.43 bits per heavy atom. The van der Waals surface area contributed by atoms with Crippen molar-refractivity contribution in [2.75, 3.05) is 0 Å². The van der Waals surface area contributed by atoms with Crippen molar-refractivity contribution >= 4 is 11.3 Å². The molecule has 0 fully saturated rings. The van der Waals surface area contributed by atoms with Gasteiger partial charge in [-0.25, -0.2) is 26.9 Å². The number of rotatable bonds is 3. The zero-order valence-corrected chi connectivity index (χ0v) is 11.8. The van der Waals surface area contributed by atoms with E-state index in [4.69, 9.17) is 0 Å². The Hall–Kier alpha value is -1.54. The number of aryl methyl sites for hydroxylation is 2. The van der Waals surface area contributed by atoms with Crippen molar-refractivity contribution in [3.63, 3.8) is 0 Å². The van der Waals surface area contributed by atoms with Crippen molar-refractivity contribution in [1.29, 1.82) is 0 Å². The molecule has 1 heterocycles. The fourth-order valence-corrected chi connectivity index (χ4v) is 2.78. The van der Waals surface area contributed by atoms with Gasteiger partial charge >= 0.3 is 0 Å². The van der Waals surface area contributed by atoms with Gasteiger partial charge in [-0.05, 0) is 13.8 Å². The van der Waals surface area contributed by atoms with Gasteiger partial charge in [0.05, 0.1) is 22.4 Å². The molecule has 1 N–H and O–H groups in total. The van der Waals surface area contributed by atoms with Crippen LogP contribution in [0.1, 0.15) is 27.2 Å².